The van der Waals surface area contributed by atoms with Crippen molar-refractivity contribution in [3.8, 4) is 16.9 Å². The van der Waals surface area contributed by atoms with Gasteiger partial charge in [-0.2, -0.15) is 0 Å². The van der Waals surface area contributed by atoms with Gasteiger partial charge in [-0.25, -0.2) is 4.39 Å². The van der Waals surface area contributed by atoms with E-state index in [9.17, 15) is 9.50 Å². The molecule has 1 N–H and O–H groups in total. The highest BCUT2D eigenvalue weighted by Gasteiger charge is 2.04. The van der Waals surface area contributed by atoms with Crippen LogP contribution in [0.4, 0.5) is 4.39 Å². The van der Waals surface area contributed by atoms with Gasteiger partial charge < -0.3 is 5.11 Å². The number of hydrogen-bond donors (Lipinski definition) is 1. The maximum Gasteiger partial charge on any atom is 0.134 e. The quantitative estimate of drug-likeness (QED) is 0.788. The van der Waals surface area contributed by atoms with Crippen LogP contribution in [0.1, 0.15) is 5.56 Å². The number of phenolic OH excluding ortho intramolecular Hbond substituents is 1. The van der Waals surface area contributed by atoms with Crippen molar-refractivity contribution < 1.29 is 9.50 Å². The van der Waals surface area contributed by atoms with Crippen molar-refractivity contribution in [3.63, 3.8) is 0 Å². The van der Waals surface area contributed by atoms with E-state index in [1.807, 2.05) is 0 Å². The second-order valence-electron chi connectivity index (χ2n) is 3.63. The molecule has 0 aliphatic heterocycles. The molecule has 0 radical (unpaired) electrons. The van der Waals surface area contributed by atoms with Gasteiger partial charge in [0, 0.05) is 0 Å². The van der Waals surface area contributed by atoms with Gasteiger partial charge in [-0.1, -0.05) is 29.8 Å². The van der Waals surface area contributed by atoms with Gasteiger partial charge in [0.05, 0.1) is 5.02 Å². The van der Waals surface area contributed by atoms with Crippen molar-refractivity contribution in [2.24, 2.45) is 0 Å². The molecule has 0 spiro atoms. The molecular formula is C13H10ClFO. The summed E-state index contributed by atoms with van der Waals surface area (Å²) < 4.78 is 13.4. The van der Waals surface area contributed by atoms with Crippen LogP contribution < -0.4 is 0 Å². The Morgan fingerprint density at radius 1 is 1.06 bits per heavy atom. The number of aryl methyl sites for hydroxylation is 1. The van der Waals surface area contributed by atoms with Crippen molar-refractivity contribution in [2.75, 3.05) is 0 Å². The molecule has 2 aromatic rings. The SMILES string of the molecule is Cc1ccc(-c2ccc(Cl)c(O)c2)cc1F. The lowest BCUT2D eigenvalue weighted by Crippen LogP contribution is -1.84. The molecular weight excluding hydrogens is 227 g/mol. The van der Waals surface area contributed by atoms with E-state index in [-0.39, 0.29) is 16.6 Å². The van der Waals surface area contributed by atoms with Gasteiger partial charge >= 0.3 is 0 Å². The van der Waals surface area contributed by atoms with Crippen LogP contribution in [0.2, 0.25) is 5.02 Å². The normalized spacial score (nSPS) is 10.4. The van der Waals surface area contributed by atoms with Crippen molar-refractivity contribution in [1.82, 2.24) is 0 Å². The second-order valence-corrected chi connectivity index (χ2v) is 4.04. The second kappa shape index (κ2) is 4.14. The maximum absolute atomic E-state index is 13.4. The number of rotatable bonds is 1. The predicted molar refractivity (Wildman–Crippen MR) is 63.2 cm³/mol. The zero-order chi connectivity index (χ0) is 11.7. The van der Waals surface area contributed by atoms with Crippen molar-refractivity contribution >= 4 is 11.6 Å². The first-order valence-corrected chi connectivity index (χ1v) is 5.21. The Hall–Kier alpha value is -1.54. The number of halogens is 2. The van der Waals surface area contributed by atoms with Gasteiger partial charge in [-0.3, -0.25) is 0 Å². The fourth-order valence-corrected chi connectivity index (χ4v) is 1.58. The Morgan fingerprint density at radius 3 is 2.31 bits per heavy atom. The topological polar surface area (TPSA) is 20.2 Å². The average Bonchev–Trinajstić information content (AvgIpc) is 2.26. The van der Waals surface area contributed by atoms with E-state index in [0.717, 1.165) is 11.1 Å². The van der Waals surface area contributed by atoms with Crippen LogP contribution in [-0.4, -0.2) is 5.11 Å². The van der Waals surface area contributed by atoms with Gasteiger partial charge in [0.1, 0.15) is 11.6 Å². The monoisotopic (exact) mass is 236 g/mol. The van der Waals surface area contributed by atoms with Crippen molar-refractivity contribution in [3.05, 3.63) is 52.8 Å². The Balaban J connectivity index is 2.50. The van der Waals surface area contributed by atoms with E-state index in [4.69, 9.17) is 11.6 Å². The first kappa shape index (κ1) is 11.0. The van der Waals surface area contributed by atoms with Gasteiger partial charge in [-0.15, -0.1) is 0 Å². The zero-order valence-corrected chi connectivity index (χ0v) is 9.42. The van der Waals surface area contributed by atoms with Gasteiger partial charge in [0.2, 0.25) is 0 Å². The molecule has 0 unspecified atom stereocenters. The smallest absolute Gasteiger partial charge is 0.134 e. The van der Waals surface area contributed by atoms with E-state index in [2.05, 4.69) is 0 Å². The van der Waals surface area contributed by atoms with Gasteiger partial charge in [-0.05, 0) is 41.8 Å². The summed E-state index contributed by atoms with van der Waals surface area (Å²) in [5.74, 6) is -0.257. The lowest BCUT2D eigenvalue weighted by Gasteiger charge is -2.05. The van der Waals surface area contributed by atoms with Crippen LogP contribution in [0.3, 0.4) is 0 Å². The Kier molecular flexibility index (Phi) is 2.84. The van der Waals surface area contributed by atoms with Crippen LogP contribution in [0.15, 0.2) is 36.4 Å². The standard InChI is InChI=1S/C13H10ClFO/c1-8-2-3-9(6-12(8)15)10-4-5-11(14)13(16)7-10/h2-7,16H,1H3. The number of aromatic hydroxyl groups is 1. The molecule has 0 saturated heterocycles. The fourth-order valence-electron chi connectivity index (χ4n) is 1.46. The minimum Gasteiger partial charge on any atom is -0.506 e. The molecule has 0 fully saturated rings. The summed E-state index contributed by atoms with van der Waals surface area (Å²) in [6, 6.07) is 9.80. The molecule has 0 saturated carbocycles. The summed E-state index contributed by atoms with van der Waals surface area (Å²) in [7, 11) is 0. The minimum absolute atomic E-state index is 0.000139. The Morgan fingerprint density at radius 2 is 1.69 bits per heavy atom. The molecule has 0 aliphatic rings. The van der Waals surface area contributed by atoms with Crippen LogP contribution in [0.25, 0.3) is 11.1 Å². The third kappa shape index (κ3) is 2.02. The fraction of sp³-hybridized carbons (Fsp3) is 0.0769. The van der Waals surface area contributed by atoms with E-state index in [0.29, 0.717) is 5.56 Å². The first-order chi connectivity index (χ1) is 7.58. The summed E-state index contributed by atoms with van der Waals surface area (Å²) in [6.45, 7) is 1.71. The molecule has 3 heteroatoms. The molecule has 0 aliphatic carbocycles. The number of phenols is 1. The van der Waals surface area contributed by atoms with Crippen LogP contribution in [0, 0.1) is 12.7 Å². The molecule has 0 bridgehead atoms. The summed E-state index contributed by atoms with van der Waals surface area (Å²) in [6.07, 6.45) is 0. The van der Waals surface area contributed by atoms with E-state index in [1.54, 1.807) is 31.2 Å². The lowest BCUT2D eigenvalue weighted by molar-refractivity contribution is 0.476. The van der Waals surface area contributed by atoms with Crippen LogP contribution in [0.5, 0.6) is 5.75 Å². The van der Waals surface area contributed by atoms with E-state index < -0.39 is 0 Å². The highest BCUT2D eigenvalue weighted by Crippen LogP contribution is 2.30. The molecule has 1 nitrogen and oxygen atoms in total. The first-order valence-electron chi connectivity index (χ1n) is 4.83. The lowest BCUT2D eigenvalue weighted by atomic mass is 10.0. The molecule has 82 valence electrons. The van der Waals surface area contributed by atoms with E-state index >= 15 is 0 Å². The minimum atomic E-state index is -0.257. The molecule has 0 heterocycles. The molecule has 2 rings (SSSR count). The summed E-state index contributed by atoms with van der Waals surface area (Å²) in [4.78, 5) is 0. The Bertz CT molecular complexity index is 488. The van der Waals surface area contributed by atoms with Crippen molar-refractivity contribution in [2.45, 2.75) is 6.92 Å². The van der Waals surface area contributed by atoms with Crippen LogP contribution >= 0.6 is 11.6 Å². The predicted octanol–water partition coefficient (Wildman–Crippen LogP) is 4.16. The molecule has 16 heavy (non-hydrogen) atoms. The largest absolute Gasteiger partial charge is 0.506 e. The third-order valence-corrected chi connectivity index (χ3v) is 2.77. The summed E-state index contributed by atoms with van der Waals surface area (Å²) >= 11 is 5.70. The number of benzene rings is 2. The molecule has 0 amide bonds. The highest BCUT2D eigenvalue weighted by atomic mass is 35.5. The highest BCUT2D eigenvalue weighted by molar-refractivity contribution is 6.32. The van der Waals surface area contributed by atoms with Gasteiger partial charge in [0.25, 0.3) is 0 Å². The summed E-state index contributed by atoms with van der Waals surface area (Å²) in [5, 5.41) is 9.75. The van der Waals surface area contributed by atoms with E-state index in [1.165, 1.54) is 12.1 Å². The van der Waals surface area contributed by atoms with Crippen LogP contribution in [-0.2, 0) is 0 Å². The van der Waals surface area contributed by atoms with Gasteiger partial charge in [0.15, 0.2) is 0 Å². The molecule has 0 aromatic heterocycles. The molecule has 0 atom stereocenters. The number of hydrogen-bond acceptors (Lipinski definition) is 1. The van der Waals surface area contributed by atoms with Crippen molar-refractivity contribution in [1.29, 1.82) is 0 Å². The summed E-state index contributed by atoms with van der Waals surface area (Å²) in [5.41, 5.74) is 2.05. The zero-order valence-electron chi connectivity index (χ0n) is 8.67. The third-order valence-electron chi connectivity index (χ3n) is 2.45. The Labute approximate surface area is 98.1 Å². The maximum atomic E-state index is 13.4. The average molecular weight is 237 g/mol. The molecule has 2 aromatic carbocycles.